The van der Waals surface area contributed by atoms with Crippen molar-refractivity contribution in [1.82, 2.24) is 4.90 Å². The minimum atomic E-state index is -3.11. The maximum atomic E-state index is 10.8. The lowest BCUT2D eigenvalue weighted by molar-refractivity contribution is -0.193. The Morgan fingerprint density at radius 3 is 1.44 bits per heavy atom. The maximum absolute atomic E-state index is 10.8. The van der Waals surface area contributed by atoms with E-state index in [-0.39, 0.29) is 4.90 Å². The number of carbonyl (C=O) groups is 4. The Bertz CT molecular complexity index is 363. The van der Waals surface area contributed by atoms with Crippen molar-refractivity contribution in [3.63, 3.8) is 0 Å². The van der Waals surface area contributed by atoms with E-state index in [1.54, 1.807) is 0 Å². The van der Waals surface area contributed by atoms with Gasteiger partial charge in [-0.15, -0.1) is 0 Å². The summed E-state index contributed by atoms with van der Waals surface area (Å²) < 4.78 is 0. The minimum absolute atomic E-state index is 0.133. The molecule has 1 atom stereocenters. The normalized spacial score (nSPS) is 13.9. The lowest BCUT2D eigenvalue weighted by Crippen LogP contribution is -2.58. The molecule has 0 saturated heterocycles. The Morgan fingerprint density at radius 2 is 1.22 bits per heavy atom. The van der Waals surface area contributed by atoms with Gasteiger partial charge in [-0.25, -0.2) is 9.69 Å². The van der Waals surface area contributed by atoms with E-state index in [1.807, 2.05) is 0 Å². The number of carboxylic acids is 4. The summed E-state index contributed by atoms with van der Waals surface area (Å²) in [6.45, 7) is -2.27. The van der Waals surface area contributed by atoms with Crippen molar-refractivity contribution in [2.75, 3.05) is 13.1 Å². The molecule has 18 heavy (non-hydrogen) atoms. The van der Waals surface area contributed by atoms with Gasteiger partial charge in [-0.3, -0.25) is 14.4 Å². The number of carboxylic acid groups (broad SMARTS) is 4. The summed E-state index contributed by atoms with van der Waals surface area (Å²) in [7, 11) is 0. The molecule has 10 heteroatoms. The molecule has 0 amide bonds. The van der Waals surface area contributed by atoms with Gasteiger partial charge in [0.15, 0.2) is 0 Å². The van der Waals surface area contributed by atoms with E-state index in [1.165, 1.54) is 0 Å². The Morgan fingerprint density at radius 1 is 0.833 bits per heavy atom. The maximum Gasteiger partial charge on any atom is 0.352 e. The summed E-state index contributed by atoms with van der Waals surface area (Å²) in [4.78, 5) is 42.3. The zero-order valence-corrected chi connectivity index (χ0v) is 8.94. The van der Waals surface area contributed by atoms with Gasteiger partial charge in [-0.2, -0.15) is 0 Å². The quantitative estimate of drug-likeness (QED) is 0.300. The van der Waals surface area contributed by atoms with Gasteiger partial charge in [0.05, 0.1) is 6.42 Å². The first kappa shape index (κ1) is 15.8. The van der Waals surface area contributed by atoms with Gasteiger partial charge >= 0.3 is 23.9 Å². The highest BCUT2D eigenvalue weighted by atomic mass is 16.4. The van der Waals surface area contributed by atoms with E-state index < -0.39 is 49.1 Å². The summed E-state index contributed by atoms with van der Waals surface area (Å²) in [5, 5.41) is 43.8. The molecule has 0 aliphatic rings. The monoisotopic (exact) mass is 265 g/mol. The van der Waals surface area contributed by atoms with Crippen molar-refractivity contribution >= 4 is 23.9 Å². The fourth-order valence-corrected chi connectivity index (χ4v) is 1.18. The predicted molar refractivity (Wildman–Crippen MR) is 51.7 cm³/mol. The fourth-order valence-electron chi connectivity index (χ4n) is 1.18. The summed E-state index contributed by atoms with van der Waals surface area (Å²) >= 11 is 0. The van der Waals surface area contributed by atoms with Crippen LogP contribution in [0.5, 0.6) is 0 Å². The molecule has 0 aliphatic heterocycles. The van der Waals surface area contributed by atoms with Crippen molar-refractivity contribution in [3.8, 4) is 0 Å². The highest BCUT2D eigenvalue weighted by Crippen LogP contribution is 2.17. The lowest BCUT2D eigenvalue weighted by Gasteiger charge is -2.32. The van der Waals surface area contributed by atoms with Crippen LogP contribution in [0.25, 0.3) is 0 Å². The van der Waals surface area contributed by atoms with E-state index in [2.05, 4.69) is 0 Å². The van der Waals surface area contributed by atoms with Crippen LogP contribution >= 0.6 is 0 Å². The van der Waals surface area contributed by atoms with Gasteiger partial charge in [0.2, 0.25) is 5.72 Å². The van der Waals surface area contributed by atoms with Gasteiger partial charge in [-0.05, 0) is 0 Å². The summed E-state index contributed by atoms with van der Waals surface area (Å²) in [6, 6.07) is 0. The molecule has 0 spiro atoms. The van der Waals surface area contributed by atoms with Crippen molar-refractivity contribution in [1.29, 1.82) is 0 Å². The second-order valence-corrected chi connectivity index (χ2v) is 3.34. The average Bonchev–Trinajstić information content (AvgIpc) is 2.13. The van der Waals surface area contributed by atoms with Crippen LogP contribution in [0.1, 0.15) is 6.42 Å². The molecule has 0 aromatic rings. The van der Waals surface area contributed by atoms with Gasteiger partial charge in [0.25, 0.3) is 0 Å². The van der Waals surface area contributed by atoms with E-state index in [4.69, 9.17) is 20.4 Å². The molecule has 102 valence electrons. The van der Waals surface area contributed by atoms with E-state index in [0.717, 1.165) is 0 Å². The largest absolute Gasteiger partial charge is 0.481 e. The third kappa shape index (κ3) is 4.35. The van der Waals surface area contributed by atoms with Crippen LogP contribution in [0, 0.1) is 0 Å². The third-order valence-corrected chi connectivity index (χ3v) is 1.92. The zero-order valence-electron chi connectivity index (χ0n) is 8.94. The Balaban J connectivity index is 5.31. The second kappa shape index (κ2) is 5.93. The average molecular weight is 265 g/mol. The molecule has 5 N–H and O–H groups in total. The fraction of sp³-hybridized carbons (Fsp3) is 0.500. The topological polar surface area (TPSA) is 173 Å². The van der Waals surface area contributed by atoms with Crippen LogP contribution in [0.15, 0.2) is 0 Å². The van der Waals surface area contributed by atoms with Gasteiger partial charge in [0, 0.05) is 0 Å². The molecule has 0 bridgehead atoms. The van der Waals surface area contributed by atoms with Crippen molar-refractivity contribution in [2.45, 2.75) is 12.1 Å². The lowest BCUT2D eigenvalue weighted by atomic mass is 10.1. The molecule has 0 rings (SSSR count). The Kier molecular flexibility index (Phi) is 5.21. The van der Waals surface area contributed by atoms with Crippen LogP contribution in [-0.4, -0.2) is 73.1 Å². The molecule has 0 fully saturated rings. The molecule has 0 aliphatic carbocycles. The van der Waals surface area contributed by atoms with Crippen LogP contribution in [0.4, 0.5) is 0 Å². The zero-order chi connectivity index (χ0) is 14.5. The number of hydrogen-bond acceptors (Lipinski definition) is 6. The first-order valence-electron chi connectivity index (χ1n) is 4.45. The third-order valence-electron chi connectivity index (χ3n) is 1.92. The summed E-state index contributed by atoms with van der Waals surface area (Å²) in [5.74, 6) is -6.99. The summed E-state index contributed by atoms with van der Waals surface area (Å²) in [5.41, 5.74) is -3.11. The molecular weight excluding hydrogens is 254 g/mol. The molecule has 1 unspecified atom stereocenters. The standard InChI is InChI=1S/C8H11NO9/c10-4(11)1-8(18,7(16)17)9(2-5(12)13)3-6(14)15/h18H,1-3H2,(H,10,11)(H,12,13)(H,14,15)(H,16,17). The molecule has 10 nitrogen and oxygen atoms in total. The first-order chi connectivity index (χ1) is 8.09. The van der Waals surface area contributed by atoms with Crippen molar-refractivity contribution < 1.29 is 44.7 Å². The Labute approximate surface area is 99.7 Å². The van der Waals surface area contributed by atoms with Crippen molar-refractivity contribution in [2.24, 2.45) is 0 Å². The number of aliphatic carboxylic acids is 4. The van der Waals surface area contributed by atoms with Crippen LogP contribution in [0.3, 0.4) is 0 Å². The van der Waals surface area contributed by atoms with E-state index in [0.29, 0.717) is 0 Å². The Hall–Kier alpha value is -2.20. The second-order valence-electron chi connectivity index (χ2n) is 3.34. The number of rotatable bonds is 8. The van der Waals surface area contributed by atoms with Crippen LogP contribution in [0.2, 0.25) is 0 Å². The molecular formula is C8H11NO9. The minimum Gasteiger partial charge on any atom is -0.481 e. The number of aliphatic hydroxyl groups is 1. The van der Waals surface area contributed by atoms with Gasteiger partial charge in [-0.1, -0.05) is 0 Å². The van der Waals surface area contributed by atoms with E-state index >= 15 is 0 Å². The molecule has 0 aromatic carbocycles. The molecule has 0 aromatic heterocycles. The molecule has 0 radical (unpaired) electrons. The molecule has 0 heterocycles. The SMILES string of the molecule is O=C(O)CN(CC(=O)O)C(O)(CC(=O)O)C(=O)O. The van der Waals surface area contributed by atoms with E-state index in [9.17, 15) is 24.3 Å². The van der Waals surface area contributed by atoms with Gasteiger partial charge in [0.1, 0.15) is 13.1 Å². The summed E-state index contributed by atoms with van der Waals surface area (Å²) in [6.07, 6.45) is -1.36. The highest BCUT2D eigenvalue weighted by Gasteiger charge is 2.46. The number of hydrogen-bond donors (Lipinski definition) is 5. The number of nitrogens with zero attached hydrogens (tertiary/aromatic N) is 1. The van der Waals surface area contributed by atoms with Crippen LogP contribution in [-0.2, 0) is 19.2 Å². The highest BCUT2D eigenvalue weighted by molar-refractivity contribution is 5.85. The first-order valence-corrected chi connectivity index (χ1v) is 4.45. The molecule has 0 saturated carbocycles. The van der Waals surface area contributed by atoms with Crippen LogP contribution < -0.4 is 0 Å². The smallest absolute Gasteiger partial charge is 0.352 e. The van der Waals surface area contributed by atoms with Crippen molar-refractivity contribution in [3.05, 3.63) is 0 Å². The predicted octanol–water partition coefficient (Wildman–Crippen LogP) is -2.29. The van der Waals surface area contributed by atoms with Gasteiger partial charge < -0.3 is 25.5 Å².